The van der Waals surface area contributed by atoms with Gasteiger partial charge in [-0.05, 0) is 0 Å². The van der Waals surface area contributed by atoms with E-state index in [1.807, 2.05) is 0 Å². The Morgan fingerprint density at radius 1 is 1.29 bits per heavy atom. The zero-order valence-electron chi connectivity index (χ0n) is 3.43. The topological polar surface area (TPSA) is 0 Å². The maximum Gasteiger partial charge on any atom is 0.126 e. The van der Waals surface area contributed by atoms with Gasteiger partial charge in [0.2, 0.25) is 0 Å². The van der Waals surface area contributed by atoms with Crippen LogP contribution in [0.1, 0.15) is 0 Å². The van der Waals surface area contributed by atoms with Crippen LogP contribution in [0.15, 0.2) is 0 Å². The molecule has 0 aliphatic heterocycles. The standard InChI is InChI=1S/C3H4BrCl3/c4-3(7,1-5)2-6/h1-2H2. The average Bonchev–Trinajstić information content (AvgIpc) is 1.68. The Hall–Kier alpha value is 1.35. The van der Waals surface area contributed by atoms with Gasteiger partial charge < -0.3 is 0 Å². The largest absolute Gasteiger partial charge is 0.126 e. The van der Waals surface area contributed by atoms with Gasteiger partial charge in [-0.2, -0.15) is 0 Å². The van der Waals surface area contributed by atoms with Crippen LogP contribution in [-0.2, 0) is 0 Å². The molecule has 0 bridgehead atoms. The van der Waals surface area contributed by atoms with Gasteiger partial charge in [-0.25, -0.2) is 0 Å². The van der Waals surface area contributed by atoms with E-state index in [-0.39, 0.29) is 0 Å². The highest BCUT2D eigenvalue weighted by Gasteiger charge is 2.19. The first-order chi connectivity index (χ1) is 3.12. The molecule has 0 rings (SSSR count). The third kappa shape index (κ3) is 3.89. The fourth-order valence-electron chi connectivity index (χ4n) is 0.0357. The quantitative estimate of drug-likeness (QED) is 0.635. The van der Waals surface area contributed by atoms with Gasteiger partial charge >= 0.3 is 0 Å². The van der Waals surface area contributed by atoms with Crippen molar-refractivity contribution in [1.82, 2.24) is 0 Å². The molecule has 0 fully saturated rings. The fraction of sp³-hybridized carbons (Fsp3) is 1.00. The minimum atomic E-state index is -0.601. The third-order valence-electron chi connectivity index (χ3n) is 0.391. The number of alkyl halides is 4. The number of rotatable bonds is 2. The zero-order chi connectivity index (χ0) is 5.91. The fourth-order valence-corrected chi connectivity index (χ4v) is 0.321. The SMILES string of the molecule is ClCC(Cl)(Br)CCl. The summed E-state index contributed by atoms with van der Waals surface area (Å²) in [5.41, 5.74) is 0. The van der Waals surface area contributed by atoms with Crippen molar-refractivity contribution in [2.45, 2.75) is 3.78 Å². The molecule has 4 heteroatoms. The van der Waals surface area contributed by atoms with Crippen LogP contribution in [0.2, 0.25) is 0 Å². The second-order valence-corrected chi connectivity index (χ2v) is 4.36. The molecule has 0 unspecified atom stereocenters. The molecule has 0 aromatic heterocycles. The lowest BCUT2D eigenvalue weighted by atomic mass is 10.5. The molecule has 0 radical (unpaired) electrons. The third-order valence-corrected chi connectivity index (χ3v) is 3.05. The van der Waals surface area contributed by atoms with Crippen molar-refractivity contribution >= 4 is 50.7 Å². The van der Waals surface area contributed by atoms with Gasteiger partial charge in [-0.3, -0.25) is 0 Å². The Labute approximate surface area is 66.2 Å². The van der Waals surface area contributed by atoms with Crippen LogP contribution in [0.3, 0.4) is 0 Å². The lowest BCUT2D eigenvalue weighted by molar-refractivity contribution is 1.05. The van der Waals surface area contributed by atoms with Crippen LogP contribution in [-0.4, -0.2) is 15.5 Å². The van der Waals surface area contributed by atoms with Gasteiger partial charge in [-0.15, -0.1) is 34.8 Å². The summed E-state index contributed by atoms with van der Waals surface area (Å²) in [5.74, 6) is 0.635. The second kappa shape index (κ2) is 3.39. The maximum absolute atomic E-state index is 5.56. The molecule has 0 aliphatic carbocycles. The summed E-state index contributed by atoms with van der Waals surface area (Å²) in [4.78, 5) is 0. The van der Waals surface area contributed by atoms with E-state index >= 15 is 0 Å². The summed E-state index contributed by atoms with van der Waals surface area (Å²) in [6.07, 6.45) is 0. The minimum absolute atomic E-state index is 0.318. The van der Waals surface area contributed by atoms with Gasteiger partial charge in [0.25, 0.3) is 0 Å². The number of halogens is 4. The van der Waals surface area contributed by atoms with Gasteiger partial charge in [0.15, 0.2) is 0 Å². The molecule has 44 valence electrons. The Balaban J connectivity index is 3.36. The highest BCUT2D eigenvalue weighted by atomic mass is 79.9. The zero-order valence-corrected chi connectivity index (χ0v) is 7.28. The highest BCUT2D eigenvalue weighted by Crippen LogP contribution is 2.25. The molecule has 0 amide bonds. The highest BCUT2D eigenvalue weighted by molar-refractivity contribution is 9.10. The number of hydrogen-bond acceptors (Lipinski definition) is 0. The van der Waals surface area contributed by atoms with E-state index < -0.39 is 3.78 Å². The summed E-state index contributed by atoms with van der Waals surface area (Å²) >= 11 is 19.3. The first-order valence-electron chi connectivity index (χ1n) is 1.62. The summed E-state index contributed by atoms with van der Waals surface area (Å²) < 4.78 is -0.601. The first kappa shape index (κ1) is 8.35. The van der Waals surface area contributed by atoms with E-state index in [0.29, 0.717) is 11.8 Å². The van der Waals surface area contributed by atoms with E-state index in [1.165, 1.54) is 0 Å². The summed E-state index contributed by atoms with van der Waals surface area (Å²) in [6, 6.07) is 0. The molecule has 0 N–H and O–H groups in total. The van der Waals surface area contributed by atoms with Gasteiger partial charge in [0.1, 0.15) is 3.78 Å². The Kier molecular flexibility index (Phi) is 4.04. The summed E-state index contributed by atoms with van der Waals surface area (Å²) in [6.45, 7) is 0. The van der Waals surface area contributed by atoms with Crippen LogP contribution in [0.4, 0.5) is 0 Å². The van der Waals surface area contributed by atoms with E-state index in [0.717, 1.165) is 0 Å². The van der Waals surface area contributed by atoms with Gasteiger partial charge in [0.05, 0.1) is 11.8 Å². The predicted octanol–water partition coefficient (Wildman–Crippen LogP) is 2.79. The average molecular weight is 226 g/mol. The first-order valence-corrected chi connectivity index (χ1v) is 3.86. The molecular formula is C3H4BrCl3. The van der Waals surface area contributed by atoms with E-state index in [1.54, 1.807) is 0 Å². The second-order valence-electron chi connectivity index (χ2n) is 1.12. The van der Waals surface area contributed by atoms with Gasteiger partial charge in [-0.1, -0.05) is 15.9 Å². The smallest absolute Gasteiger partial charge is 0.124 e. The molecule has 0 aromatic carbocycles. The Bertz CT molecular complexity index is 48.1. The van der Waals surface area contributed by atoms with Crippen molar-refractivity contribution in [2.24, 2.45) is 0 Å². The molecule has 0 saturated heterocycles. The molecule has 0 nitrogen and oxygen atoms in total. The molecule has 0 heterocycles. The van der Waals surface area contributed by atoms with Crippen LogP contribution >= 0.6 is 50.7 Å². The van der Waals surface area contributed by atoms with Crippen molar-refractivity contribution in [3.63, 3.8) is 0 Å². The summed E-state index contributed by atoms with van der Waals surface area (Å²) in [7, 11) is 0. The Morgan fingerprint density at radius 3 is 1.57 bits per heavy atom. The molecule has 0 spiro atoms. The van der Waals surface area contributed by atoms with Crippen LogP contribution in [0, 0.1) is 0 Å². The van der Waals surface area contributed by atoms with E-state index in [4.69, 9.17) is 34.8 Å². The van der Waals surface area contributed by atoms with Gasteiger partial charge in [0, 0.05) is 0 Å². The van der Waals surface area contributed by atoms with Crippen LogP contribution in [0.5, 0.6) is 0 Å². The lowest BCUT2D eigenvalue weighted by Crippen LogP contribution is -2.15. The van der Waals surface area contributed by atoms with E-state index in [9.17, 15) is 0 Å². The van der Waals surface area contributed by atoms with E-state index in [2.05, 4.69) is 15.9 Å². The minimum Gasteiger partial charge on any atom is -0.124 e. The molecule has 7 heavy (non-hydrogen) atoms. The lowest BCUT2D eigenvalue weighted by Gasteiger charge is -2.09. The Morgan fingerprint density at radius 2 is 1.57 bits per heavy atom. The van der Waals surface area contributed by atoms with Crippen molar-refractivity contribution in [3.8, 4) is 0 Å². The van der Waals surface area contributed by atoms with Crippen molar-refractivity contribution in [2.75, 3.05) is 11.8 Å². The number of hydrogen-bond donors (Lipinski definition) is 0. The normalized spacial score (nSPS) is 12.0. The molecular weight excluding hydrogens is 222 g/mol. The predicted molar refractivity (Wildman–Crippen MR) is 39.0 cm³/mol. The van der Waals surface area contributed by atoms with Crippen molar-refractivity contribution in [3.05, 3.63) is 0 Å². The molecule has 0 aromatic rings. The van der Waals surface area contributed by atoms with Crippen LogP contribution in [0.25, 0.3) is 0 Å². The summed E-state index contributed by atoms with van der Waals surface area (Å²) in [5, 5.41) is 0. The maximum atomic E-state index is 5.56. The van der Waals surface area contributed by atoms with Crippen molar-refractivity contribution < 1.29 is 0 Å². The molecule has 0 saturated carbocycles. The molecule has 0 atom stereocenters. The van der Waals surface area contributed by atoms with Crippen molar-refractivity contribution in [1.29, 1.82) is 0 Å². The van der Waals surface area contributed by atoms with Crippen LogP contribution < -0.4 is 0 Å². The molecule has 0 aliphatic rings. The monoisotopic (exact) mass is 224 g/mol.